The van der Waals surface area contributed by atoms with E-state index in [1.54, 1.807) is 0 Å². The van der Waals surface area contributed by atoms with Gasteiger partial charge >= 0.3 is 0 Å². The van der Waals surface area contributed by atoms with E-state index in [1.165, 1.54) is 22.3 Å². The van der Waals surface area contributed by atoms with Gasteiger partial charge < -0.3 is 21.3 Å². The SMILES string of the molecule is CC(C)(c1ccccc1)c1ccc(N(c2ccc(N(c3ccc(N)cc3)c3ccc(N)cc3)cc2)c2ccc(C(C)(C)c3ccccc3)cc2)cc1. The van der Waals surface area contributed by atoms with Crippen LogP contribution in [-0.2, 0) is 10.8 Å². The molecule has 0 atom stereocenters. The van der Waals surface area contributed by atoms with Crippen LogP contribution in [0.25, 0.3) is 0 Å². The molecule has 0 aliphatic heterocycles. The molecule has 4 heteroatoms. The summed E-state index contributed by atoms with van der Waals surface area (Å²) in [5.41, 5.74) is 24.7. The topological polar surface area (TPSA) is 58.5 Å². The maximum Gasteiger partial charge on any atom is 0.0463 e. The fourth-order valence-corrected chi connectivity index (χ4v) is 6.99. The fourth-order valence-electron chi connectivity index (χ4n) is 6.99. The Labute approximate surface area is 308 Å². The first-order valence-corrected chi connectivity index (χ1v) is 17.8. The molecule has 0 aliphatic carbocycles. The second-order valence-corrected chi connectivity index (χ2v) is 14.4. The van der Waals surface area contributed by atoms with Crippen molar-refractivity contribution in [3.63, 3.8) is 0 Å². The van der Waals surface area contributed by atoms with E-state index < -0.39 is 0 Å². The molecule has 0 heterocycles. The Balaban J connectivity index is 1.29. The molecule has 0 saturated carbocycles. The Morgan fingerprint density at radius 1 is 0.288 bits per heavy atom. The summed E-state index contributed by atoms with van der Waals surface area (Å²) in [5.74, 6) is 0. The number of hydrogen-bond donors (Lipinski definition) is 2. The molecule has 0 unspecified atom stereocenters. The third kappa shape index (κ3) is 6.88. The van der Waals surface area contributed by atoms with Crippen LogP contribution in [0.4, 0.5) is 45.5 Å². The molecule has 0 amide bonds. The van der Waals surface area contributed by atoms with Crippen LogP contribution in [0.2, 0.25) is 0 Å². The normalized spacial score (nSPS) is 11.6. The van der Waals surface area contributed by atoms with Crippen molar-refractivity contribution < 1.29 is 0 Å². The molecule has 4 N–H and O–H groups in total. The van der Waals surface area contributed by atoms with E-state index in [4.69, 9.17) is 11.5 Å². The highest BCUT2D eigenvalue weighted by molar-refractivity contribution is 5.82. The minimum absolute atomic E-state index is 0.134. The molecule has 0 saturated heterocycles. The summed E-state index contributed by atoms with van der Waals surface area (Å²) in [4.78, 5) is 4.55. The van der Waals surface area contributed by atoms with E-state index >= 15 is 0 Å². The zero-order valence-corrected chi connectivity index (χ0v) is 30.4. The summed E-state index contributed by atoms with van der Waals surface area (Å²) in [7, 11) is 0. The molecule has 0 radical (unpaired) electrons. The molecule has 0 fully saturated rings. The lowest BCUT2D eigenvalue weighted by molar-refractivity contribution is 0.641. The van der Waals surface area contributed by atoms with Crippen LogP contribution in [-0.4, -0.2) is 0 Å². The van der Waals surface area contributed by atoms with Crippen LogP contribution in [0.5, 0.6) is 0 Å². The summed E-state index contributed by atoms with van der Waals surface area (Å²) in [5, 5.41) is 0. The Bertz CT molecular complexity index is 2070. The third-order valence-corrected chi connectivity index (χ3v) is 10.4. The first-order valence-electron chi connectivity index (χ1n) is 17.8. The lowest BCUT2D eigenvalue weighted by Crippen LogP contribution is -2.19. The molecule has 0 bridgehead atoms. The van der Waals surface area contributed by atoms with Gasteiger partial charge in [0.25, 0.3) is 0 Å². The van der Waals surface area contributed by atoms with Gasteiger partial charge in [0.15, 0.2) is 0 Å². The quantitative estimate of drug-likeness (QED) is 0.141. The average molecular weight is 679 g/mol. The summed E-state index contributed by atoms with van der Waals surface area (Å²) in [6.45, 7) is 9.15. The van der Waals surface area contributed by atoms with Gasteiger partial charge in [0.05, 0.1) is 0 Å². The van der Waals surface area contributed by atoms with E-state index in [9.17, 15) is 0 Å². The van der Waals surface area contributed by atoms with Gasteiger partial charge in [-0.2, -0.15) is 0 Å². The predicted octanol–water partition coefficient (Wildman–Crippen LogP) is 12.4. The lowest BCUT2D eigenvalue weighted by Gasteiger charge is -2.31. The molecule has 52 heavy (non-hydrogen) atoms. The van der Waals surface area contributed by atoms with E-state index in [-0.39, 0.29) is 10.8 Å². The van der Waals surface area contributed by atoms with Crippen molar-refractivity contribution in [1.29, 1.82) is 0 Å². The Morgan fingerprint density at radius 3 is 0.769 bits per heavy atom. The molecule has 0 aliphatic rings. The second-order valence-electron chi connectivity index (χ2n) is 14.4. The Hall–Kier alpha value is -6.26. The van der Waals surface area contributed by atoms with Crippen molar-refractivity contribution in [1.82, 2.24) is 0 Å². The second kappa shape index (κ2) is 14.2. The third-order valence-electron chi connectivity index (χ3n) is 10.4. The molecule has 4 nitrogen and oxygen atoms in total. The Morgan fingerprint density at radius 2 is 0.500 bits per heavy atom. The van der Waals surface area contributed by atoms with Gasteiger partial charge in [0.2, 0.25) is 0 Å². The minimum Gasteiger partial charge on any atom is -0.399 e. The largest absolute Gasteiger partial charge is 0.399 e. The fraction of sp³-hybridized carbons (Fsp3) is 0.125. The maximum atomic E-state index is 6.07. The van der Waals surface area contributed by atoms with Crippen molar-refractivity contribution in [2.24, 2.45) is 0 Å². The number of nitrogens with two attached hydrogens (primary N) is 2. The highest BCUT2D eigenvalue weighted by Gasteiger charge is 2.25. The highest BCUT2D eigenvalue weighted by atomic mass is 15.2. The van der Waals surface area contributed by atoms with Crippen molar-refractivity contribution in [3.05, 3.63) is 204 Å². The lowest BCUT2D eigenvalue weighted by atomic mass is 9.78. The molecule has 0 aromatic heterocycles. The van der Waals surface area contributed by atoms with Crippen molar-refractivity contribution in [2.75, 3.05) is 21.3 Å². The van der Waals surface area contributed by atoms with E-state index in [2.05, 4.69) is 171 Å². The smallest absolute Gasteiger partial charge is 0.0463 e. The summed E-state index contributed by atoms with van der Waals surface area (Å²) >= 11 is 0. The first kappa shape index (κ1) is 34.2. The first-order chi connectivity index (χ1) is 25.1. The van der Waals surface area contributed by atoms with Crippen molar-refractivity contribution in [2.45, 2.75) is 38.5 Å². The zero-order valence-electron chi connectivity index (χ0n) is 30.4. The van der Waals surface area contributed by atoms with Crippen molar-refractivity contribution in [3.8, 4) is 0 Å². The highest BCUT2D eigenvalue weighted by Crippen LogP contribution is 2.41. The molecule has 7 aromatic rings. The minimum atomic E-state index is -0.134. The maximum absolute atomic E-state index is 6.07. The van der Waals surface area contributed by atoms with Gasteiger partial charge in [-0.25, -0.2) is 0 Å². The van der Waals surface area contributed by atoms with Crippen molar-refractivity contribution >= 4 is 45.5 Å². The molecule has 7 rings (SSSR count). The van der Waals surface area contributed by atoms with Crippen LogP contribution in [0.3, 0.4) is 0 Å². The summed E-state index contributed by atoms with van der Waals surface area (Å²) in [6.07, 6.45) is 0. The number of hydrogen-bond acceptors (Lipinski definition) is 4. The van der Waals surface area contributed by atoms with Gasteiger partial charge in [-0.1, -0.05) is 113 Å². The van der Waals surface area contributed by atoms with E-state index in [0.29, 0.717) is 0 Å². The van der Waals surface area contributed by atoms with Gasteiger partial charge in [0, 0.05) is 56.3 Å². The monoisotopic (exact) mass is 678 g/mol. The predicted molar refractivity (Wildman–Crippen MR) is 222 cm³/mol. The van der Waals surface area contributed by atoms with Gasteiger partial charge in [-0.15, -0.1) is 0 Å². The Kier molecular flexibility index (Phi) is 9.32. The standard InChI is InChI=1S/C48H46N4/c1-47(2,35-11-7-5-8-12-35)37-15-23-41(24-16-37)51(42-25-17-38(18-26-42)48(3,4)36-13-9-6-10-14-36)45-31-33-46(34-32-45)52(43-27-19-39(49)20-28-43)44-29-21-40(50)22-30-44/h5-34H,49-50H2,1-4H3. The zero-order chi connectivity index (χ0) is 36.3. The number of nitrogens with zero attached hydrogens (tertiary/aromatic N) is 2. The average Bonchev–Trinajstić information content (AvgIpc) is 3.18. The van der Waals surface area contributed by atoms with Crippen LogP contribution >= 0.6 is 0 Å². The van der Waals surface area contributed by atoms with E-state index in [1.807, 2.05) is 48.5 Å². The molecule has 7 aromatic carbocycles. The van der Waals surface area contributed by atoms with Crippen LogP contribution in [0, 0.1) is 0 Å². The van der Waals surface area contributed by atoms with Gasteiger partial charge in [0.1, 0.15) is 0 Å². The van der Waals surface area contributed by atoms with Gasteiger partial charge in [-0.3, -0.25) is 0 Å². The van der Waals surface area contributed by atoms with Crippen LogP contribution in [0.15, 0.2) is 182 Å². The van der Waals surface area contributed by atoms with E-state index in [0.717, 1.165) is 45.5 Å². The number of nitrogen functional groups attached to an aromatic ring is 2. The molecule has 0 spiro atoms. The number of rotatable bonds is 10. The molecular weight excluding hydrogens is 633 g/mol. The van der Waals surface area contributed by atoms with Crippen LogP contribution in [0.1, 0.15) is 49.9 Å². The number of benzene rings is 7. The summed E-state index contributed by atoms with van der Waals surface area (Å²) in [6, 6.07) is 64.1. The van der Waals surface area contributed by atoms with Crippen LogP contribution < -0.4 is 21.3 Å². The van der Waals surface area contributed by atoms with Gasteiger partial charge in [-0.05, 0) is 119 Å². The number of anilines is 8. The summed E-state index contributed by atoms with van der Waals surface area (Å²) < 4.78 is 0. The molecular formula is C48H46N4. The molecule has 258 valence electrons.